The van der Waals surface area contributed by atoms with Crippen LogP contribution in [0.3, 0.4) is 0 Å². The molecule has 0 fully saturated rings. The van der Waals surface area contributed by atoms with Crippen molar-refractivity contribution in [1.29, 1.82) is 0 Å². The van der Waals surface area contributed by atoms with Crippen LogP contribution in [0.15, 0.2) is 12.2 Å². The molecule has 0 saturated carbocycles. The van der Waals surface area contributed by atoms with E-state index in [4.69, 9.17) is 0 Å². The zero-order chi connectivity index (χ0) is 23.5. The molecule has 0 aliphatic rings. The van der Waals surface area contributed by atoms with Gasteiger partial charge < -0.3 is 19.3 Å². The number of carbonyl (C=O) groups excluding carboxylic acids is 2. The monoisotopic (exact) mass is 466 g/mol. The molecule has 0 aromatic rings. The van der Waals surface area contributed by atoms with E-state index < -0.39 is 64.1 Å². The molecule has 1 atom stereocenters. The molecule has 0 bridgehead atoms. The summed E-state index contributed by atoms with van der Waals surface area (Å²) < 4.78 is 142. The Labute approximate surface area is 157 Å². The number of alkyl halides is 8. The Balaban J connectivity index is 6.27. The first kappa shape index (κ1) is 27.0. The largest absolute Gasteiger partial charge is 0.743 e. The van der Waals surface area contributed by atoms with Gasteiger partial charge in [-0.2, -0.15) is 35.1 Å². The molecule has 0 rings (SSSR count). The molecular weight excluding hydrogens is 454 g/mol. The maximum atomic E-state index is 13.4. The second-order valence-electron chi connectivity index (χ2n) is 5.12. The number of nitrogens with one attached hydrogen (secondary N) is 1. The van der Waals surface area contributed by atoms with Crippen molar-refractivity contribution in [2.75, 3.05) is 13.2 Å². The molecule has 0 saturated heterocycles. The van der Waals surface area contributed by atoms with E-state index in [1.807, 2.05) is 0 Å². The summed E-state index contributed by atoms with van der Waals surface area (Å²) in [7, 11) is -6.63. The molecule has 170 valence electrons. The Bertz CT molecular complexity index is 746. The molecule has 0 heterocycles. The summed E-state index contributed by atoms with van der Waals surface area (Å²) in [6.45, 7) is -0.188. The van der Waals surface area contributed by atoms with Crippen molar-refractivity contribution in [1.82, 2.24) is 5.32 Å². The standard InChI is InChI=1S/C12H13F8NO7S/c1-3-4-21-8(23)10(12(18,19)20,27-5-9(13,14)29(24,25)26)28-7(22)6(2)11(15,16)17/h2-5H2,1H3,(H,21,23)(H,24,25,26)/p-1. The molecular formula is C12H12F8NO7S-. The van der Waals surface area contributed by atoms with Crippen LogP contribution < -0.4 is 5.32 Å². The SMILES string of the molecule is C=C(C(=O)OC(OCC(F)(F)S(=O)(=O)[O-])(C(=O)NCCC)C(F)(F)F)C(F)(F)F. The molecule has 0 radical (unpaired) electrons. The Morgan fingerprint density at radius 1 is 1.07 bits per heavy atom. The van der Waals surface area contributed by atoms with Crippen LogP contribution in [0.4, 0.5) is 35.1 Å². The smallest absolute Gasteiger partial charge is 0.466 e. The molecule has 8 nitrogen and oxygen atoms in total. The fourth-order valence-electron chi connectivity index (χ4n) is 1.33. The first-order valence-corrected chi connectivity index (χ1v) is 8.45. The van der Waals surface area contributed by atoms with E-state index in [9.17, 15) is 57.7 Å². The van der Waals surface area contributed by atoms with Gasteiger partial charge in [-0.05, 0) is 6.42 Å². The summed E-state index contributed by atoms with van der Waals surface area (Å²) >= 11 is 0. The zero-order valence-corrected chi connectivity index (χ0v) is 14.9. The highest BCUT2D eigenvalue weighted by Crippen LogP contribution is 2.39. The van der Waals surface area contributed by atoms with Crippen molar-refractivity contribution in [2.45, 2.75) is 36.7 Å². The number of rotatable bonds is 9. The van der Waals surface area contributed by atoms with Gasteiger partial charge in [0.15, 0.2) is 10.1 Å². The van der Waals surface area contributed by atoms with Gasteiger partial charge in [0.2, 0.25) is 0 Å². The minimum absolute atomic E-state index is 0.0754. The van der Waals surface area contributed by atoms with Crippen LogP contribution in [-0.4, -0.2) is 61.4 Å². The van der Waals surface area contributed by atoms with Gasteiger partial charge >= 0.3 is 35.3 Å². The van der Waals surface area contributed by atoms with Gasteiger partial charge in [-0.15, -0.1) is 0 Å². The first-order chi connectivity index (χ1) is 12.7. The van der Waals surface area contributed by atoms with E-state index in [-0.39, 0.29) is 6.42 Å². The summed E-state index contributed by atoms with van der Waals surface area (Å²) in [4.78, 5) is 23.2. The summed E-state index contributed by atoms with van der Waals surface area (Å²) in [5, 5.41) is -4.17. The van der Waals surface area contributed by atoms with Crippen molar-refractivity contribution in [3.05, 3.63) is 12.2 Å². The number of hydrogen-bond acceptors (Lipinski definition) is 7. The van der Waals surface area contributed by atoms with Crippen LogP contribution in [0.1, 0.15) is 13.3 Å². The van der Waals surface area contributed by atoms with E-state index in [1.165, 1.54) is 12.2 Å². The highest BCUT2D eigenvalue weighted by molar-refractivity contribution is 7.86. The average Bonchev–Trinajstić information content (AvgIpc) is 2.52. The fraction of sp³-hybridized carbons (Fsp3) is 0.667. The lowest BCUT2D eigenvalue weighted by atomic mass is 10.2. The predicted octanol–water partition coefficient (Wildman–Crippen LogP) is 1.59. The molecule has 0 aromatic carbocycles. The Morgan fingerprint density at radius 2 is 1.55 bits per heavy atom. The summed E-state index contributed by atoms with van der Waals surface area (Å²) in [5.74, 6) is -10.6. The van der Waals surface area contributed by atoms with Gasteiger partial charge in [-0.25, -0.2) is 13.2 Å². The van der Waals surface area contributed by atoms with Crippen LogP contribution >= 0.6 is 0 Å². The Hall–Kier alpha value is -2.01. The summed E-state index contributed by atoms with van der Waals surface area (Å²) in [6, 6.07) is 0. The minimum Gasteiger partial charge on any atom is -0.743 e. The Kier molecular flexibility index (Phi) is 8.17. The number of hydrogen-bond donors (Lipinski definition) is 1. The quantitative estimate of drug-likeness (QED) is 0.180. The topological polar surface area (TPSA) is 122 Å². The fourth-order valence-corrected chi connectivity index (χ4v) is 1.53. The zero-order valence-electron chi connectivity index (χ0n) is 14.1. The maximum Gasteiger partial charge on any atom is 0.466 e. The third-order valence-corrected chi connectivity index (χ3v) is 3.69. The van der Waals surface area contributed by atoms with Crippen molar-refractivity contribution in [3.63, 3.8) is 0 Å². The van der Waals surface area contributed by atoms with Crippen molar-refractivity contribution in [3.8, 4) is 0 Å². The van der Waals surface area contributed by atoms with Gasteiger partial charge in [0.05, 0.1) is 0 Å². The van der Waals surface area contributed by atoms with Gasteiger partial charge in [0.1, 0.15) is 12.2 Å². The highest BCUT2D eigenvalue weighted by Gasteiger charge is 2.68. The molecule has 0 spiro atoms. The lowest BCUT2D eigenvalue weighted by Gasteiger charge is -2.34. The normalized spacial score (nSPS) is 15.4. The minimum atomic E-state index is -6.63. The van der Waals surface area contributed by atoms with Gasteiger partial charge in [-0.3, -0.25) is 4.79 Å². The third-order valence-electron chi connectivity index (χ3n) is 2.84. The lowest BCUT2D eigenvalue weighted by Crippen LogP contribution is -2.63. The first-order valence-electron chi connectivity index (χ1n) is 7.04. The molecule has 0 aliphatic heterocycles. The van der Waals surface area contributed by atoms with Crippen molar-refractivity contribution >= 4 is 22.0 Å². The van der Waals surface area contributed by atoms with Crippen molar-refractivity contribution in [2.24, 2.45) is 0 Å². The van der Waals surface area contributed by atoms with Crippen LogP contribution in [0.5, 0.6) is 0 Å². The molecule has 1 amide bonds. The van der Waals surface area contributed by atoms with E-state index in [2.05, 4.69) is 16.1 Å². The lowest BCUT2D eigenvalue weighted by molar-refractivity contribution is -0.353. The number of halogens is 8. The van der Waals surface area contributed by atoms with Gasteiger partial charge in [0, 0.05) is 6.54 Å². The van der Waals surface area contributed by atoms with Crippen LogP contribution in [0, 0.1) is 0 Å². The maximum absolute atomic E-state index is 13.4. The van der Waals surface area contributed by atoms with Crippen LogP contribution in [0.25, 0.3) is 0 Å². The second kappa shape index (κ2) is 8.78. The highest BCUT2D eigenvalue weighted by atomic mass is 32.2. The Morgan fingerprint density at radius 3 is 1.90 bits per heavy atom. The number of ether oxygens (including phenoxy) is 2. The van der Waals surface area contributed by atoms with Gasteiger partial charge in [-0.1, -0.05) is 13.5 Å². The van der Waals surface area contributed by atoms with Gasteiger partial charge in [0.25, 0.3) is 0 Å². The number of esters is 1. The third kappa shape index (κ3) is 6.49. The number of amides is 1. The number of carbonyl (C=O) groups is 2. The molecule has 1 unspecified atom stereocenters. The van der Waals surface area contributed by atoms with E-state index in [0.29, 0.717) is 0 Å². The van der Waals surface area contributed by atoms with E-state index in [1.54, 1.807) is 0 Å². The summed E-state index contributed by atoms with van der Waals surface area (Å²) in [5.41, 5.74) is -2.57. The van der Waals surface area contributed by atoms with E-state index >= 15 is 0 Å². The van der Waals surface area contributed by atoms with Crippen molar-refractivity contribution < 1.29 is 67.2 Å². The molecule has 0 aliphatic carbocycles. The molecule has 17 heteroatoms. The predicted molar refractivity (Wildman–Crippen MR) is 74.0 cm³/mol. The van der Waals surface area contributed by atoms with Crippen LogP contribution in [0.2, 0.25) is 0 Å². The molecule has 29 heavy (non-hydrogen) atoms. The molecule has 1 N–H and O–H groups in total. The second-order valence-corrected chi connectivity index (χ2v) is 6.62. The molecule has 0 aromatic heterocycles. The van der Waals surface area contributed by atoms with Crippen LogP contribution in [-0.2, 0) is 29.2 Å². The average molecular weight is 466 g/mol. The summed E-state index contributed by atoms with van der Waals surface area (Å²) in [6.07, 6.45) is -12.0. The van der Waals surface area contributed by atoms with E-state index in [0.717, 1.165) is 0 Å².